The van der Waals surface area contributed by atoms with Gasteiger partial charge < -0.3 is 25.1 Å². The number of pyridine rings is 1. The molecule has 0 atom stereocenters. The van der Waals surface area contributed by atoms with E-state index in [9.17, 15) is 4.79 Å². The molecule has 0 aliphatic carbocycles. The molecule has 0 aliphatic rings. The van der Waals surface area contributed by atoms with Crippen LogP contribution in [0.2, 0.25) is 10.0 Å². The molecule has 4 rings (SSSR count). The fourth-order valence-electron chi connectivity index (χ4n) is 4.25. The first-order valence-electron chi connectivity index (χ1n) is 11.5. The van der Waals surface area contributed by atoms with Crippen molar-refractivity contribution in [1.82, 2.24) is 24.8 Å². The van der Waals surface area contributed by atoms with Crippen molar-refractivity contribution in [3.05, 3.63) is 68.1 Å². The molecule has 0 saturated carbocycles. The Morgan fingerprint density at radius 2 is 1.94 bits per heavy atom. The normalized spacial score (nSPS) is 12.0. The number of imidazole rings is 1. The van der Waals surface area contributed by atoms with Crippen molar-refractivity contribution in [3.8, 4) is 0 Å². The number of likely N-dealkylation sites (N-methyl/N-ethyl adjacent to an activating group) is 1. The van der Waals surface area contributed by atoms with Gasteiger partial charge in [0.15, 0.2) is 0 Å². The van der Waals surface area contributed by atoms with Gasteiger partial charge in [-0.15, -0.1) is 0 Å². The lowest BCUT2D eigenvalue weighted by molar-refractivity contribution is 0.363. The number of halogens is 2. The Morgan fingerprint density at radius 3 is 2.66 bits per heavy atom. The van der Waals surface area contributed by atoms with E-state index in [0.717, 1.165) is 48.2 Å². The molecule has 4 aromatic rings. The van der Waals surface area contributed by atoms with Crippen molar-refractivity contribution in [2.24, 2.45) is 7.05 Å². The van der Waals surface area contributed by atoms with E-state index in [4.69, 9.17) is 28.2 Å². The third kappa shape index (κ3) is 5.23. The van der Waals surface area contributed by atoms with Gasteiger partial charge in [0.1, 0.15) is 0 Å². The van der Waals surface area contributed by atoms with Gasteiger partial charge in [0.05, 0.1) is 32.2 Å². The second-order valence-corrected chi connectivity index (χ2v) is 9.50. The van der Waals surface area contributed by atoms with E-state index in [2.05, 4.69) is 33.6 Å². The summed E-state index contributed by atoms with van der Waals surface area (Å²) in [4.78, 5) is 23.3. The molecule has 0 amide bonds. The molecule has 184 valence electrons. The SMILES string of the molecule is CNCCCN(C)C/C=C/c1[nH]c(=O)c2c(ccc3nc(Nc4c(Cl)cccc4Cl)n(C)c32)c1C. The van der Waals surface area contributed by atoms with Gasteiger partial charge in [-0.2, -0.15) is 0 Å². The minimum atomic E-state index is -0.149. The maximum Gasteiger partial charge on any atom is 0.258 e. The number of H-pyrrole nitrogens is 1. The lowest BCUT2D eigenvalue weighted by atomic mass is 10.0. The number of anilines is 2. The van der Waals surface area contributed by atoms with E-state index in [0.29, 0.717) is 32.6 Å². The van der Waals surface area contributed by atoms with Crippen molar-refractivity contribution in [1.29, 1.82) is 0 Å². The zero-order chi connectivity index (χ0) is 25.1. The molecule has 9 heteroatoms. The van der Waals surface area contributed by atoms with Crippen molar-refractivity contribution in [3.63, 3.8) is 0 Å². The van der Waals surface area contributed by atoms with Crippen LogP contribution in [-0.4, -0.2) is 53.2 Å². The van der Waals surface area contributed by atoms with E-state index in [1.165, 1.54) is 0 Å². The molecule has 2 aromatic heterocycles. The number of aryl methyl sites for hydroxylation is 2. The number of benzene rings is 2. The quantitative estimate of drug-likeness (QED) is 0.264. The van der Waals surface area contributed by atoms with Crippen molar-refractivity contribution >= 4 is 62.7 Å². The summed E-state index contributed by atoms with van der Waals surface area (Å²) in [6.07, 6.45) is 5.17. The predicted molar refractivity (Wildman–Crippen MR) is 148 cm³/mol. The van der Waals surface area contributed by atoms with Crippen LogP contribution >= 0.6 is 23.2 Å². The standard InChI is InChI=1S/C26H30Cl2N6O/c1-16-17-11-12-21-24(34(4)26(31-21)32-23-18(27)8-5-9-19(23)28)22(17)25(35)30-20(16)10-6-14-33(3)15-7-13-29-2/h5-6,8-12,29H,7,13-15H2,1-4H3,(H,30,35)(H,31,32)/b10-6+. The van der Waals surface area contributed by atoms with E-state index in [-0.39, 0.29) is 5.56 Å². The largest absolute Gasteiger partial charge is 0.323 e. The van der Waals surface area contributed by atoms with Crippen LogP contribution in [0.1, 0.15) is 17.7 Å². The van der Waals surface area contributed by atoms with E-state index < -0.39 is 0 Å². The Kier molecular flexibility index (Phi) is 7.82. The van der Waals surface area contributed by atoms with Gasteiger partial charge in [-0.1, -0.05) is 41.4 Å². The molecule has 0 fully saturated rings. The van der Waals surface area contributed by atoms with Gasteiger partial charge >= 0.3 is 0 Å². The van der Waals surface area contributed by atoms with Crippen LogP contribution in [0.15, 0.2) is 41.2 Å². The van der Waals surface area contributed by atoms with Gasteiger partial charge in [-0.05, 0) is 75.8 Å². The minimum absolute atomic E-state index is 0.149. The summed E-state index contributed by atoms with van der Waals surface area (Å²) in [5.74, 6) is 0.546. The number of rotatable bonds is 9. The molecular formula is C26H30Cl2N6O. The highest BCUT2D eigenvalue weighted by molar-refractivity contribution is 6.39. The Morgan fingerprint density at radius 1 is 1.20 bits per heavy atom. The maximum absolute atomic E-state index is 13.3. The number of fused-ring (bicyclic) bond motifs is 3. The molecule has 0 radical (unpaired) electrons. The number of hydrogen-bond acceptors (Lipinski definition) is 5. The summed E-state index contributed by atoms with van der Waals surface area (Å²) < 4.78 is 1.86. The average molecular weight is 513 g/mol. The van der Waals surface area contributed by atoms with Crippen molar-refractivity contribution in [2.75, 3.05) is 39.0 Å². The molecule has 3 N–H and O–H groups in total. The Labute approximate surface area is 214 Å². The number of para-hydroxylation sites is 1. The molecule has 35 heavy (non-hydrogen) atoms. The first kappa shape index (κ1) is 25.3. The number of hydrogen-bond donors (Lipinski definition) is 3. The second-order valence-electron chi connectivity index (χ2n) is 8.69. The molecule has 0 saturated heterocycles. The average Bonchev–Trinajstić information content (AvgIpc) is 3.14. The van der Waals surface area contributed by atoms with Gasteiger partial charge in [0.25, 0.3) is 5.56 Å². The number of nitrogens with zero attached hydrogens (tertiary/aromatic N) is 3. The highest BCUT2D eigenvalue weighted by Gasteiger charge is 2.17. The van der Waals surface area contributed by atoms with Crippen molar-refractivity contribution in [2.45, 2.75) is 13.3 Å². The molecule has 0 unspecified atom stereocenters. The molecule has 0 bridgehead atoms. The Bertz CT molecular complexity index is 1440. The van der Waals surface area contributed by atoms with Crippen LogP contribution in [0.3, 0.4) is 0 Å². The van der Waals surface area contributed by atoms with Crippen molar-refractivity contribution < 1.29 is 0 Å². The second kappa shape index (κ2) is 10.8. The van der Waals surface area contributed by atoms with Gasteiger partial charge in [-0.25, -0.2) is 4.98 Å². The van der Waals surface area contributed by atoms with Crippen LogP contribution in [0.25, 0.3) is 27.9 Å². The predicted octanol–water partition coefficient (Wildman–Crippen LogP) is 5.33. The first-order chi connectivity index (χ1) is 16.8. The number of aromatic nitrogens is 3. The Balaban J connectivity index is 1.69. The Hall–Kier alpha value is -2.84. The smallest absolute Gasteiger partial charge is 0.258 e. The van der Waals surface area contributed by atoms with Crippen LogP contribution in [0, 0.1) is 6.92 Å². The molecular weight excluding hydrogens is 483 g/mol. The fourth-order valence-corrected chi connectivity index (χ4v) is 4.74. The molecule has 0 aliphatic heterocycles. The minimum Gasteiger partial charge on any atom is -0.323 e. The van der Waals surface area contributed by atoms with E-state index >= 15 is 0 Å². The van der Waals surface area contributed by atoms with Crippen LogP contribution < -0.4 is 16.2 Å². The summed E-state index contributed by atoms with van der Waals surface area (Å²) in [6.45, 7) is 4.84. The fraction of sp³-hybridized carbons (Fsp3) is 0.308. The number of nitrogens with one attached hydrogen (secondary N) is 3. The van der Waals surface area contributed by atoms with Crippen LogP contribution in [0.5, 0.6) is 0 Å². The summed E-state index contributed by atoms with van der Waals surface area (Å²) in [7, 11) is 5.93. The molecule has 0 spiro atoms. The van der Waals surface area contributed by atoms with Crippen LogP contribution in [0.4, 0.5) is 11.6 Å². The first-order valence-corrected chi connectivity index (χ1v) is 12.3. The van der Waals surface area contributed by atoms with Crippen LogP contribution in [-0.2, 0) is 7.05 Å². The third-order valence-corrected chi connectivity index (χ3v) is 6.82. The highest BCUT2D eigenvalue weighted by Crippen LogP contribution is 2.34. The van der Waals surface area contributed by atoms with Gasteiger partial charge in [0, 0.05) is 19.3 Å². The van der Waals surface area contributed by atoms with E-state index in [1.807, 2.05) is 43.8 Å². The topological polar surface area (TPSA) is 78.0 Å². The zero-order valence-corrected chi connectivity index (χ0v) is 21.9. The summed E-state index contributed by atoms with van der Waals surface area (Å²) in [6, 6.07) is 9.21. The van der Waals surface area contributed by atoms with Gasteiger partial charge in [-0.3, -0.25) is 4.79 Å². The molecule has 7 nitrogen and oxygen atoms in total. The molecule has 2 aromatic carbocycles. The van der Waals surface area contributed by atoms with Gasteiger partial charge in [0.2, 0.25) is 5.95 Å². The molecule has 2 heterocycles. The summed E-state index contributed by atoms with van der Waals surface area (Å²) >= 11 is 12.7. The lowest BCUT2D eigenvalue weighted by Crippen LogP contribution is -2.22. The summed E-state index contributed by atoms with van der Waals surface area (Å²) in [5, 5.41) is 8.87. The highest BCUT2D eigenvalue weighted by atomic mass is 35.5. The summed E-state index contributed by atoms with van der Waals surface area (Å²) in [5.41, 5.74) is 3.71. The third-order valence-electron chi connectivity index (χ3n) is 6.19. The maximum atomic E-state index is 13.3. The monoisotopic (exact) mass is 512 g/mol. The zero-order valence-electron chi connectivity index (χ0n) is 20.4. The lowest BCUT2D eigenvalue weighted by Gasteiger charge is -2.14. The number of aromatic amines is 1. The van der Waals surface area contributed by atoms with E-state index in [1.54, 1.807) is 18.2 Å².